The summed E-state index contributed by atoms with van der Waals surface area (Å²) in [5, 5.41) is 19.9. The number of H-pyrrole nitrogens is 1. The van der Waals surface area contributed by atoms with Gasteiger partial charge < -0.3 is 15.5 Å². The van der Waals surface area contributed by atoms with E-state index in [9.17, 15) is 9.59 Å². The fourth-order valence-electron chi connectivity index (χ4n) is 5.10. The van der Waals surface area contributed by atoms with Gasteiger partial charge in [0, 0.05) is 35.5 Å². The monoisotopic (exact) mass is 486 g/mol. The SMILES string of the molecule is CC(C)CN1C(=O)C(NC(=O)Nc2cccc(-c3nn[nH]n3)c2)(C2CCCC2)N=Cc2ccccc21. The molecule has 10 nitrogen and oxygen atoms in total. The Labute approximate surface area is 209 Å². The third-order valence-corrected chi connectivity index (χ3v) is 6.73. The van der Waals surface area contributed by atoms with Crippen molar-refractivity contribution in [1.29, 1.82) is 0 Å². The summed E-state index contributed by atoms with van der Waals surface area (Å²) in [6.07, 6.45) is 5.39. The number of nitrogens with one attached hydrogen (secondary N) is 3. The fraction of sp³-hybridized carbons (Fsp3) is 0.385. The number of aliphatic imine (C=N–C) groups is 1. The van der Waals surface area contributed by atoms with Gasteiger partial charge in [0.15, 0.2) is 0 Å². The van der Waals surface area contributed by atoms with E-state index in [2.05, 4.69) is 45.1 Å². The number of rotatable bonds is 6. The van der Waals surface area contributed by atoms with Gasteiger partial charge in [-0.25, -0.2) is 4.79 Å². The van der Waals surface area contributed by atoms with Crippen LogP contribution in [0.25, 0.3) is 11.4 Å². The maximum atomic E-state index is 14.3. The minimum Gasteiger partial charge on any atom is -0.308 e. The molecule has 3 amide bonds. The first-order chi connectivity index (χ1) is 17.5. The van der Waals surface area contributed by atoms with Crippen LogP contribution in [0.3, 0.4) is 0 Å². The van der Waals surface area contributed by atoms with E-state index in [0.29, 0.717) is 23.6 Å². The molecular weight excluding hydrogens is 456 g/mol. The van der Waals surface area contributed by atoms with Crippen molar-refractivity contribution in [2.24, 2.45) is 16.8 Å². The number of benzodiazepines with no additional fused rings is 1. The number of tetrazole rings is 1. The van der Waals surface area contributed by atoms with E-state index in [-0.39, 0.29) is 17.7 Å². The Morgan fingerprint density at radius 3 is 2.72 bits per heavy atom. The molecule has 1 fully saturated rings. The highest BCUT2D eigenvalue weighted by atomic mass is 16.2. The van der Waals surface area contributed by atoms with Gasteiger partial charge in [-0.15, -0.1) is 10.2 Å². The number of amides is 3. The molecular formula is C26H30N8O2. The van der Waals surface area contributed by atoms with Gasteiger partial charge in [-0.2, -0.15) is 5.21 Å². The molecule has 0 spiro atoms. The van der Waals surface area contributed by atoms with Crippen LogP contribution in [0.15, 0.2) is 53.5 Å². The lowest BCUT2D eigenvalue weighted by molar-refractivity contribution is -0.126. The number of aromatic amines is 1. The summed E-state index contributed by atoms with van der Waals surface area (Å²) in [6.45, 7) is 4.69. The number of carbonyl (C=O) groups is 2. The summed E-state index contributed by atoms with van der Waals surface area (Å²) in [6, 6.07) is 14.4. The summed E-state index contributed by atoms with van der Waals surface area (Å²) < 4.78 is 0. The molecule has 3 aromatic rings. The summed E-state index contributed by atoms with van der Waals surface area (Å²) >= 11 is 0. The van der Waals surface area contributed by atoms with Gasteiger partial charge in [-0.1, -0.05) is 57.0 Å². The topological polar surface area (TPSA) is 128 Å². The predicted molar refractivity (Wildman–Crippen MR) is 138 cm³/mol. The van der Waals surface area contributed by atoms with Crippen LogP contribution < -0.4 is 15.5 Å². The molecule has 0 bridgehead atoms. The number of nitrogens with zero attached hydrogens (tertiary/aromatic N) is 5. The highest BCUT2D eigenvalue weighted by Gasteiger charge is 2.51. The Kier molecular flexibility index (Phi) is 6.49. The quantitative estimate of drug-likeness (QED) is 0.485. The van der Waals surface area contributed by atoms with E-state index in [4.69, 9.17) is 4.99 Å². The van der Waals surface area contributed by atoms with Crippen LogP contribution in [-0.2, 0) is 4.79 Å². The molecule has 1 aliphatic heterocycles. The second-order valence-electron chi connectivity index (χ2n) is 9.77. The molecule has 3 N–H and O–H groups in total. The number of aromatic nitrogens is 4. The highest BCUT2D eigenvalue weighted by molar-refractivity contribution is 6.09. The maximum absolute atomic E-state index is 14.3. The first-order valence-electron chi connectivity index (χ1n) is 12.4. The lowest BCUT2D eigenvalue weighted by Crippen LogP contribution is -2.63. The molecule has 10 heteroatoms. The zero-order chi connectivity index (χ0) is 25.1. The Bertz CT molecular complexity index is 1270. The van der Waals surface area contributed by atoms with Crippen molar-refractivity contribution in [1.82, 2.24) is 25.9 Å². The van der Waals surface area contributed by atoms with Crippen molar-refractivity contribution < 1.29 is 9.59 Å². The van der Waals surface area contributed by atoms with Gasteiger partial charge in [-0.05, 0) is 42.2 Å². The number of carbonyl (C=O) groups excluding carboxylic acids is 2. The Morgan fingerprint density at radius 1 is 1.17 bits per heavy atom. The lowest BCUT2D eigenvalue weighted by Gasteiger charge is -2.38. The average Bonchev–Trinajstić information content (AvgIpc) is 3.59. The zero-order valence-electron chi connectivity index (χ0n) is 20.4. The van der Waals surface area contributed by atoms with Crippen molar-refractivity contribution >= 4 is 29.5 Å². The fourth-order valence-corrected chi connectivity index (χ4v) is 5.10. The Balaban J connectivity index is 1.47. The van der Waals surface area contributed by atoms with Gasteiger partial charge in [0.2, 0.25) is 11.5 Å². The van der Waals surface area contributed by atoms with Gasteiger partial charge in [0.25, 0.3) is 5.91 Å². The van der Waals surface area contributed by atoms with Crippen LogP contribution >= 0.6 is 0 Å². The van der Waals surface area contributed by atoms with E-state index in [1.165, 1.54) is 0 Å². The summed E-state index contributed by atoms with van der Waals surface area (Å²) in [7, 11) is 0. The summed E-state index contributed by atoms with van der Waals surface area (Å²) in [5.74, 6) is 0.372. The first-order valence-corrected chi connectivity index (χ1v) is 12.4. The average molecular weight is 487 g/mol. The molecule has 1 aromatic heterocycles. The van der Waals surface area contributed by atoms with E-state index in [1.54, 1.807) is 29.3 Å². The predicted octanol–water partition coefficient (Wildman–Crippen LogP) is 4.00. The van der Waals surface area contributed by atoms with Crippen LogP contribution in [0, 0.1) is 11.8 Å². The van der Waals surface area contributed by atoms with E-state index in [1.807, 2.05) is 30.3 Å². The Morgan fingerprint density at radius 2 is 1.97 bits per heavy atom. The van der Waals surface area contributed by atoms with Gasteiger partial charge in [0.1, 0.15) is 0 Å². The molecule has 2 aliphatic rings. The molecule has 1 saturated carbocycles. The third-order valence-electron chi connectivity index (χ3n) is 6.73. The van der Waals surface area contributed by atoms with Crippen LogP contribution in [0.4, 0.5) is 16.2 Å². The second-order valence-corrected chi connectivity index (χ2v) is 9.77. The standard InChI is InChI=1S/C26H30N8O2/c1-17(2)16-34-22-13-6-3-8-19(22)15-27-26(24(34)35,20-10-4-5-11-20)29-25(36)28-21-12-7-9-18(14-21)23-30-32-33-31-23/h3,6-9,12-15,17,20H,4-5,10-11,16H2,1-2H3,(H2,28,29,36)(H,30,31,32,33). The number of fused-ring (bicyclic) bond motifs is 1. The summed E-state index contributed by atoms with van der Waals surface area (Å²) in [5.41, 5.74) is 1.54. The van der Waals surface area contributed by atoms with E-state index >= 15 is 0 Å². The van der Waals surface area contributed by atoms with Gasteiger partial charge >= 0.3 is 6.03 Å². The molecule has 1 unspecified atom stereocenters. The Hall–Kier alpha value is -4.08. The molecule has 186 valence electrons. The zero-order valence-corrected chi connectivity index (χ0v) is 20.4. The summed E-state index contributed by atoms with van der Waals surface area (Å²) in [4.78, 5) is 34.3. The van der Waals surface area contributed by atoms with Crippen LogP contribution in [0.2, 0.25) is 0 Å². The molecule has 0 saturated heterocycles. The molecule has 1 atom stereocenters. The van der Waals surface area contributed by atoms with Crippen molar-refractivity contribution in [2.75, 3.05) is 16.8 Å². The van der Waals surface area contributed by atoms with Crippen molar-refractivity contribution in [3.63, 3.8) is 0 Å². The number of benzene rings is 2. The lowest BCUT2D eigenvalue weighted by atomic mass is 9.89. The van der Waals surface area contributed by atoms with Crippen LogP contribution in [0.1, 0.15) is 45.1 Å². The molecule has 0 radical (unpaired) electrons. The second kappa shape index (κ2) is 9.88. The van der Waals surface area contributed by atoms with Crippen molar-refractivity contribution in [3.05, 3.63) is 54.1 Å². The largest absolute Gasteiger partial charge is 0.321 e. The van der Waals surface area contributed by atoms with E-state index in [0.717, 1.165) is 36.9 Å². The van der Waals surface area contributed by atoms with E-state index < -0.39 is 11.7 Å². The molecule has 2 aromatic carbocycles. The van der Waals surface area contributed by atoms with Crippen molar-refractivity contribution in [3.8, 4) is 11.4 Å². The number of para-hydroxylation sites is 1. The highest BCUT2D eigenvalue weighted by Crippen LogP contribution is 2.39. The molecule has 5 rings (SSSR count). The number of anilines is 2. The van der Waals surface area contributed by atoms with Crippen LogP contribution in [-0.4, -0.2) is 51.0 Å². The minimum atomic E-state index is -1.39. The third kappa shape index (κ3) is 4.58. The van der Waals surface area contributed by atoms with Gasteiger partial charge in [-0.3, -0.25) is 9.79 Å². The molecule has 36 heavy (non-hydrogen) atoms. The van der Waals surface area contributed by atoms with Crippen molar-refractivity contribution in [2.45, 2.75) is 45.2 Å². The maximum Gasteiger partial charge on any atom is 0.321 e. The van der Waals surface area contributed by atoms with Crippen LogP contribution in [0.5, 0.6) is 0 Å². The number of urea groups is 1. The molecule has 1 aliphatic carbocycles. The normalized spacial score (nSPS) is 19.9. The number of hydrogen-bond acceptors (Lipinski definition) is 6. The first kappa shape index (κ1) is 23.7. The minimum absolute atomic E-state index is 0.0957. The smallest absolute Gasteiger partial charge is 0.308 e. The number of hydrogen-bond donors (Lipinski definition) is 3. The molecule has 2 heterocycles. The van der Waals surface area contributed by atoms with Gasteiger partial charge in [0.05, 0.1) is 5.69 Å².